The summed E-state index contributed by atoms with van der Waals surface area (Å²) in [5.74, 6) is 0.550. The van der Waals surface area contributed by atoms with Crippen molar-refractivity contribution in [3.8, 4) is 34.3 Å². The minimum Gasteiger partial charge on any atom is -0.413 e. The number of hydrogen-bond donors (Lipinski definition) is 3. The Labute approximate surface area is 187 Å². The second-order valence-corrected chi connectivity index (χ2v) is 10.1. The third-order valence-corrected chi connectivity index (χ3v) is 7.27. The van der Waals surface area contributed by atoms with Crippen LogP contribution in [0.3, 0.4) is 0 Å². The van der Waals surface area contributed by atoms with Crippen molar-refractivity contribution in [3.63, 3.8) is 0 Å². The summed E-state index contributed by atoms with van der Waals surface area (Å²) < 4.78 is 26.5. The molecule has 0 aliphatic heterocycles. The molecule has 2 aromatic heterocycles. The third-order valence-electron chi connectivity index (χ3n) is 4.99. The summed E-state index contributed by atoms with van der Waals surface area (Å²) in [6.45, 7) is 5.36. The Morgan fingerprint density at radius 3 is 2.41 bits per heavy atom. The van der Waals surface area contributed by atoms with Gasteiger partial charge >= 0.3 is 0 Å². The van der Waals surface area contributed by atoms with Gasteiger partial charge in [0, 0.05) is 10.8 Å². The van der Waals surface area contributed by atoms with E-state index in [0.717, 1.165) is 5.56 Å². The van der Waals surface area contributed by atoms with Crippen LogP contribution in [0.4, 0.5) is 0 Å². The molecule has 4 rings (SSSR count). The minimum absolute atomic E-state index is 0.238. The molecule has 0 unspecified atom stereocenters. The lowest BCUT2D eigenvalue weighted by Gasteiger charge is -2.36. The SMILES string of the molecule is Cc1ncc(-c2ccc(S(O)(O)C(C)C)cc2)nc1-c1nnc(-c2cccc([C+]=N)c2)o1. The van der Waals surface area contributed by atoms with Crippen molar-refractivity contribution >= 4 is 16.8 Å². The molecule has 2 heterocycles. The molecule has 0 fully saturated rings. The van der Waals surface area contributed by atoms with Crippen molar-refractivity contribution in [3.05, 3.63) is 66.0 Å². The molecule has 0 spiro atoms. The normalized spacial score (nSPS) is 12.1. The number of rotatable bonds is 6. The van der Waals surface area contributed by atoms with E-state index >= 15 is 0 Å². The Morgan fingerprint density at radius 2 is 1.72 bits per heavy atom. The summed E-state index contributed by atoms with van der Waals surface area (Å²) in [7, 11) is -2.85. The topological polar surface area (TPSA) is 129 Å². The van der Waals surface area contributed by atoms with Crippen molar-refractivity contribution in [2.75, 3.05) is 0 Å². The molecule has 0 aliphatic carbocycles. The molecular formula is C23H22N5O3S+. The number of aromatic nitrogens is 4. The standard InChI is InChI=1S/C23H21N5O3S/c1-14(2)32(29,30)19-9-7-17(8-10-19)20-13-25-15(3)21(26-20)23-28-27-22(31-23)18-6-4-5-16(11-18)12-24/h4-11,13-14,24H,1-3H3,(H-,29,30)/p+1. The van der Waals surface area contributed by atoms with Gasteiger partial charge in [0.1, 0.15) is 5.69 Å². The highest BCUT2D eigenvalue weighted by Gasteiger charge is 2.21. The van der Waals surface area contributed by atoms with Crippen molar-refractivity contribution in [1.82, 2.24) is 20.2 Å². The molecule has 0 radical (unpaired) electrons. The zero-order valence-electron chi connectivity index (χ0n) is 17.8. The van der Waals surface area contributed by atoms with Crippen LogP contribution in [0.1, 0.15) is 25.1 Å². The van der Waals surface area contributed by atoms with Gasteiger partial charge in [0.15, 0.2) is 6.21 Å². The van der Waals surface area contributed by atoms with Gasteiger partial charge in [-0.05, 0) is 45.0 Å². The number of hydrogen-bond acceptors (Lipinski definition) is 8. The zero-order valence-corrected chi connectivity index (χ0v) is 18.6. The molecule has 0 atom stereocenters. The monoisotopic (exact) mass is 448 g/mol. The maximum Gasteiger partial charge on any atom is 0.268 e. The van der Waals surface area contributed by atoms with Gasteiger partial charge in [-0.15, -0.1) is 10.2 Å². The van der Waals surface area contributed by atoms with Crippen molar-refractivity contribution in [2.24, 2.45) is 0 Å². The molecule has 0 bridgehead atoms. The first-order valence-corrected chi connectivity index (χ1v) is 11.5. The Kier molecular flexibility index (Phi) is 5.82. The van der Waals surface area contributed by atoms with E-state index < -0.39 is 10.6 Å². The molecule has 162 valence electrons. The lowest BCUT2D eigenvalue weighted by molar-refractivity contribution is 0.476. The minimum atomic E-state index is -2.85. The Balaban J connectivity index is 1.67. The largest absolute Gasteiger partial charge is 0.413 e. The van der Waals surface area contributed by atoms with Gasteiger partial charge < -0.3 is 4.42 Å². The predicted octanol–water partition coefficient (Wildman–Crippen LogP) is 5.56. The quantitative estimate of drug-likeness (QED) is 0.260. The average molecular weight is 449 g/mol. The van der Waals surface area contributed by atoms with Crippen molar-refractivity contribution in [1.29, 1.82) is 5.41 Å². The number of nitrogens with one attached hydrogen (secondary N) is 1. The second-order valence-electron chi connectivity index (χ2n) is 7.47. The van der Waals surface area contributed by atoms with Crippen LogP contribution in [0, 0.1) is 12.3 Å². The summed E-state index contributed by atoms with van der Waals surface area (Å²) >= 11 is 0. The summed E-state index contributed by atoms with van der Waals surface area (Å²) in [5, 5.41) is 15.2. The Bertz CT molecular complexity index is 1270. The summed E-state index contributed by atoms with van der Waals surface area (Å²) in [6, 6.07) is 14.1. The van der Waals surface area contributed by atoms with Crippen LogP contribution in [0.5, 0.6) is 0 Å². The van der Waals surface area contributed by atoms with Crippen LogP contribution in [-0.2, 0) is 0 Å². The first-order chi connectivity index (χ1) is 15.3. The second kappa shape index (κ2) is 8.57. The molecule has 8 nitrogen and oxygen atoms in total. The van der Waals surface area contributed by atoms with E-state index in [2.05, 4.69) is 26.4 Å². The maximum absolute atomic E-state index is 10.4. The highest BCUT2D eigenvalue weighted by atomic mass is 32.3. The Morgan fingerprint density at radius 1 is 1.00 bits per heavy atom. The summed E-state index contributed by atoms with van der Waals surface area (Å²) in [4.78, 5) is 9.57. The van der Waals surface area contributed by atoms with Crippen LogP contribution >= 0.6 is 10.6 Å². The van der Waals surface area contributed by atoms with E-state index in [1.165, 1.54) is 0 Å². The molecule has 4 aromatic rings. The van der Waals surface area contributed by atoms with Crippen LogP contribution in [0.15, 0.2) is 64.0 Å². The van der Waals surface area contributed by atoms with Crippen LogP contribution in [0.25, 0.3) is 34.3 Å². The zero-order chi connectivity index (χ0) is 22.9. The number of aryl methyl sites for hydroxylation is 1. The fraction of sp³-hybridized carbons (Fsp3) is 0.174. The molecule has 3 N–H and O–H groups in total. The first-order valence-electron chi connectivity index (χ1n) is 9.88. The average Bonchev–Trinajstić information content (AvgIpc) is 3.29. The first kappa shape index (κ1) is 21.7. The molecule has 2 aromatic carbocycles. The van der Waals surface area contributed by atoms with Crippen molar-refractivity contribution in [2.45, 2.75) is 30.9 Å². The number of benzene rings is 2. The van der Waals surface area contributed by atoms with Crippen LogP contribution < -0.4 is 0 Å². The molecule has 0 amide bonds. The molecule has 0 aliphatic rings. The third kappa shape index (κ3) is 4.15. The lowest BCUT2D eigenvalue weighted by atomic mass is 10.1. The van der Waals surface area contributed by atoms with Gasteiger partial charge in [-0.2, -0.15) is 16.0 Å². The fourth-order valence-electron chi connectivity index (χ4n) is 3.05. The van der Waals surface area contributed by atoms with Gasteiger partial charge in [0.2, 0.25) is 5.56 Å². The predicted molar refractivity (Wildman–Crippen MR) is 124 cm³/mol. The van der Waals surface area contributed by atoms with Gasteiger partial charge in [-0.1, -0.05) is 12.1 Å². The van der Waals surface area contributed by atoms with Crippen LogP contribution in [0.2, 0.25) is 0 Å². The smallest absolute Gasteiger partial charge is 0.268 e. The lowest BCUT2D eigenvalue weighted by Crippen LogP contribution is -2.10. The van der Waals surface area contributed by atoms with E-state index in [1.807, 2.05) is 13.0 Å². The summed E-state index contributed by atoms with van der Waals surface area (Å²) in [6.07, 6.45) is 3.99. The van der Waals surface area contributed by atoms with Gasteiger partial charge in [0.05, 0.1) is 40.2 Å². The van der Waals surface area contributed by atoms with E-state index in [9.17, 15) is 9.11 Å². The fourth-order valence-corrected chi connectivity index (χ4v) is 4.14. The van der Waals surface area contributed by atoms with Crippen LogP contribution in [-0.4, -0.2) is 40.7 Å². The molecule has 0 saturated carbocycles. The highest BCUT2D eigenvalue weighted by molar-refractivity contribution is 8.24. The van der Waals surface area contributed by atoms with E-state index in [0.29, 0.717) is 39.0 Å². The Hall–Kier alpha value is -3.49. The summed E-state index contributed by atoms with van der Waals surface area (Å²) in [5.41, 5.74) is 3.76. The molecule has 32 heavy (non-hydrogen) atoms. The van der Waals surface area contributed by atoms with Gasteiger partial charge in [0.25, 0.3) is 11.8 Å². The van der Waals surface area contributed by atoms with E-state index in [4.69, 9.17) is 9.83 Å². The van der Waals surface area contributed by atoms with Crippen molar-refractivity contribution < 1.29 is 13.5 Å². The molecule has 0 saturated heterocycles. The maximum atomic E-state index is 10.4. The highest BCUT2D eigenvalue weighted by Crippen LogP contribution is 2.52. The molecule has 9 heteroatoms. The van der Waals surface area contributed by atoms with Gasteiger partial charge in [-0.25, -0.2) is 4.98 Å². The number of nitrogens with zero attached hydrogens (tertiary/aromatic N) is 4. The van der Waals surface area contributed by atoms with E-state index in [-0.39, 0.29) is 11.1 Å². The van der Waals surface area contributed by atoms with Gasteiger partial charge in [-0.3, -0.25) is 14.1 Å². The van der Waals surface area contributed by atoms with E-state index in [1.54, 1.807) is 62.5 Å². The molecular weight excluding hydrogens is 426 g/mol.